The second-order valence-electron chi connectivity index (χ2n) is 7.71. The minimum Gasteiger partial charge on any atom is -0.507 e. The number of aromatic nitrogens is 1. The van der Waals surface area contributed by atoms with Crippen molar-refractivity contribution in [3.63, 3.8) is 0 Å². The van der Waals surface area contributed by atoms with Crippen LogP contribution in [-0.4, -0.2) is 43.0 Å². The van der Waals surface area contributed by atoms with Gasteiger partial charge in [0.25, 0.3) is 11.7 Å². The number of methoxy groups -OCH3 is 1. The number of ketones is 1. The zero-order valence-electron chi connectivity index (χ0n) is 18.3. The van der Waals surface area contributed by atoms with Crippen molar-refractivity contribution in [1.29, 1.82) is 0 Å². The van der Waals surface area contributed by atoms with Crippen LogP contribution >= 0.6 is 11.6 Å². The Morgan fingerprint density at radius 2 is 1.85 bits per heavy atom. The quantitative estimate of drug-likeness (QED) is 0.342. The fourth-order valence-corrected chi connectivity index (χ4v) is 4.05. The number of ether oxygens (including phenoxy) is 1. The number of carbonyl (C=O) groups is 2. The summed E-state index contributed by atoms with van der Waals surface area (Å²) in [4.78, 5) is 33.9. The van der Waals surface area contributed by atoms with Gasteiger partial charge in [0.2, 0.25) is 0 Å². The second-order valence-corrected chi connectivity index (χ2v) is 8.15. The highest BCUT2D eigenvalue weighted by molar-refractivity contribution is 6.51. The van der Waals surface area contributed by atoms with Crippen LogP contribution in [0.25, 0.3) is 5.76 Å². The van der Waals surface area contributed by atoms with Crippen molar-refractivity contribution in [2.45, 2.75) is 6.04 Å². The molecule has 2 heterocycles. The van der Waals surface area contributed by atoms with Crippen molar-refractivity contribution in [3.05, 3.63) is 88.7 Å². The Morgan fingerprint density at radius 3 is 2.45 bits per heavy atom. The summed E-state index contributed by atoms with van der Waals surface area (Å²) in [6, 6.07) is 14.5. The van der Waals surface area contributed by atoms with Crippen molar-refractivity contribution >= 4 is 40.4 Å². The Morgan fingerprint density at radius 1 is 1.12 bits per heavy atom. The minimum atomic E-state index is -0.882. The van der Waals surface area contributed by atoms with Crippen LogP contribution in [0.3, 0.4) is 0 Å². The number of nitrogens with zero attached hydrogens (tertiary/aromatic N) is 3. The van der Waals surface area contributed by atoms with E-state index in [9.17, 15) is 14.7 Å². The molecule has 0 aliphatic carbocycles. The average Bonchev–Trinajstić information content (AvgIpc) is 3.09. The third kappa shape index (κ3) is 4.03. The molecule has 0 radical (unpaired) electrons. The molecule has 0 saturated carbocycles. The maximum atomic E-state index is 13.2. The summed E-state index contributed by atoms with van der Waals surface area (Å²) >= 11 is 6.14. The molecule has 3 aromatic rings. The predicted molar refractivity (Wildman–Crippen MR) is 128 cm³/mol. The van der Waals surface area contributed by atoms with Gasteiger partial charge in [0, 0.05) is 42.9 Å². The summed E-state index contributed by atoms with van der Waals surface area (Å²) in [6.45, 7) is 0. The summed E-state index contributed by atoms with van der Waals surface area (Å²) in [6.07, 6.45) is 3.17. The van der Waals surface area contributed by atoms with Crippen molar-refractivity contribution in [1.82, 2.24) is 4.98 Å². The Balaban J connectivity index is 1.94. The van der Waals surface area contributed by atoms with E-state index in [0.717, 1.165) is 5.69 Å². The number of amides is 1. The van der Waals surface area contributed by atoms with E-state index in [1.807, 2.05) is 31.1 Å². The Hall–Kier alpha value is -3.84. The lowest BCUT2D eigenvalue weighted by Gasteiger charge is -2.26. The fraction of sp³-hybridized carbons (Fsp3) is 0.160. The van der Waals surface area contributed by atoms with Crippen LogP contribution < -0.4 is 14.5 Å². The summed E-state index contributed by atoms with van der Waals surface area (Å²) in [5.74, 6) is -1.60. The largest absolute Gasteiger partial charge is 0.507 e. The summed E-state index contributed by atoms with van der Waals surface area (Å²) in [5, 5.41) is 11.6. The highest BCUT2D eigenvalue weighted by Crippen LogP contribution is 2.43. The number of pyridine rings is 1. The first-order valence-corrected chi connectivity index (χ1v) is 10.5. The lowest BCUT2D eigenvalue weighted by molar-refractivity contribution is -0.132. The molecule has 7 nitrogen and oxygen atoms in total. The molecular formula is C25H22ClN3O4. The molecule has 1 amide bonds. The number of rotatable bonds is 5. The van der Waals surface area contributed by atoms with E-state index >= 15 is 0 Å². The van der Waals surface area contributed by atoms with Gasteiger partial charge in [-0.05, 0) is 54.1 Å². The smallest absolute Gasteiger partial charge is 0.300 e. The van der Waals surface area contributed by atoms with Gasteiger partial charge in [0.05, 0.1) is 24.3 Å². The van der Waals surface area contributed by atoms with Crippen molar-refractivity contribution in [3.8, 4) is 5.75 Å². The molecule has 0 spiro atoms. The number of Topliss-reactive ketones (excluding diaryl/α,β-unsaturated/α-hetero) is 1. The molecule has 1 N–H and O–H groups in total. The molecule has 1 unspecified atom stereocenters. The normalized spacial score (nSPS) is 17.3. The van der Waals surface area contributed by atoms with Gasteiger partial charge in [-0.15, -0.1) is 0 Å². The van der Waals surface area contributed by atoms with E-state index in [0.29, 0.717) is 22.0 Å². The summed E-state index contributed by atoms with van der Waals surface area (Å²) < 4.78 is 5.35. The molecule has 1 aliphatic heterocycles. The molecule has 0 bridgehead atoms. The number of anilines is 2. The maximum Gasteiger partial charge on any atom is 0.300 e. The Bertz CT molecular complexity index is 1240. The zero-order valence-corrected chi connectivity index (χ0v) is 19.1. The van der Waals surface area contributed by atoms with Gasteiger partial charge in [-0.25, -0.2) is 0 Å². The van der Waals surface area contributed by atoms with Crippen LogP contribution in [0, 0.1) is 0 Å². The standard InChI is InChI=1S/C25H22ClN3O4/c1-28(2)17-7-9-18(10-8-17)29-22(15-5-4-12-27-14-15)21(24(31)25(29)32)23(30)19-13-16(26)6-11-20(19)33-3/h4-14,22,30H,1-3H3/b23-21+. The van der Waals surface area contributed by atoms with Crippen molar-refractivity contribution < 1.29 is 19.4 Å². The van der Waals surface area contributed by atoms with E-state index in [1.54, 1.807) is 48.8 Å². The first kappa shape index (κ1) is 22.4. The van der Waals surface area contributed by atoms with Gasteiger partial charge in [0.1, 0.15) is 11.5 Å². The zero-order chi connectivity index (χ0) is 23.7. The number of hydrogen-bond acceptors (Lipinski definition) is 6. The Labute approximate surface area is 196 Å². The number of hydrogen-bond donors (Lipinski definition) is 1. The van der Waals surface area contributed by atoms with Gasteiger partial charge in [-0.2, -0.15) is 0 Å². The van der Waals surface area contributed by atoms with E-state index in [2.05, 4.69) is 4.98 Å². The van der Waals surface area contributed by atoms with E-state index in [4.69, 9.17) is 16.3 Å². The molecule has 2 aromatic carbocycles. The first-order valence-electron chi connectivity index (χ1n) is 10.2. The summed E-state index contributed by atoms with van der Waals surface area (Å²) in [7, 11) is 5.27. The van der Waals surface area contributed by atoms with Gasteiger partial charge in [-0.1, -0.05) is 17.7 Å². The second kappa shape index (κ2) is 8.96. The van der Waals surface area contributed by atoms with Crippen LogP contribution in [0.1, 0.15) is 17.2 Å². The first-order chi connectivity index (χ1) is 15.8. The van der Waals surface area contributed by atoms with Crippen LogP contribution in [0.5, 0.6) is 5.75 Å². The van der Waals surface area contributed by atoms with Gasteiger partial charge < -0.3 is 14.7 Å². The molecule has 1 saturated heterocycles. The van der Waals surface area contributed by atoms with Crippen LogP contribution in [0.4, 0.5) is 11.4 Å². The molecule has 1 aromatic heterocycles. The highest BCUT2D eigenvalue weighted by atomic mass is 35.5. The SMILES string of the molecule is COc1ccc(Cl)cc1/C(O)=C1\C(=O)C(=O)N(c2ccc(N(C)C)cc2)C1c1cccnc1. The van der Waals surface area contributed by atoms with E-state index < -0.39 is 17.7 Å². The molecule has 33 heavy (non-hydrogen) atoms. The van der Waals surface area contributed by atoms with Crippen LogP contribution in [-0.2, 0) is 9.59 Å². The molecule has 1 aliphatic rings. The van der Waals surface area contributed by atoms with E-state index in [1.165, 1.54) is 18.1 Å². The predicted octanol–water partition coefficient (Wildman–Crippen LogP) is 4.44. The third-order valence-corrected chi connectivity index (χ3v) is 5.74. The number of carbonyl (C=O) groups excluding carboxylic acids is 2. The number of aliphatic hydroxyl groups is 1. The average molecular weight is 464 g/mol. The lowest BCUT2D eigenvalue weighted by Crippen LogP contribution is -2.29. The molecule has 168 valence electrons. The number of benzene rings is 2. The topological polar surface area (TPSA) is 83.0 Å². The highest BCUT2D eigenvalue weighted by Gasteiger charge is 2.47. The van der Waals surface area contributed by atoms with Gasteiger partial charge in [0.15, 0.2) is 0 Å². The maximum absolute atomic E-state index is 13.2. The third-order valence-electron chi connectivity index (χ3n) is 5.51. The van der Waals surface area contributed by atoms with Crippen molar-refractivity contribution in [2.24, 2.45) is 0 Å². The van der Waals surface area contributed by atoms with Gasteiger partial charge in [-0.3, -0.25) is 19.5 Å². The molecule has 4 rings (SSSR count). The van der Waals surface area contributed by atoms with Crippen LogP contribution in [0.15, 0.2) is 72.6 Å². The van der Waals surface area contributed by atoms with Crippen molar-refractivity contribution in [2.75, 3.05) is 31.0 Å². The number of halogens is 1. The van der Waals surface area contributed by atoms with Crippen LogP contribution in [0.2, 0.25) is 5.02 Å². The molecular weight excluding hydrogens is 442 g/mol. The minimum absolute atomic E-state index is 0.0646. The molecule has 1 atom stereocenters. The monoisotopic (exact) mass is 463 g/mol. The summed E-state index contributed by atoms with van der Waals surface area (Å²) in [5.41, 5.74) is 2.20. The molecule has 1 fully saturated rings. The fourth-order valence-electron chi connectivity index (χ4n) is 3.87. The number of aliphatic hydroxyl groups excluding tert-OH is 1. The van der Waals surface area contributed by atoms with E-state index in [-0.39, 0.29) is 16.9 Å². The van der Waals surface area contributed by atoms with Gasteiger partial charge >= 0.3 is 0 Å². The molecule has 8 heteroatoms. The Kier molecular flexibility index (Phi) is 6.07. The lowest BCUT2D eigenvalue weighted by atomic mass is 9.96.